The van der Waals surface area contributed by atoms with Crippen LogP contribution in [0.2, 0.25) is 0 Å². The van der Waals surface area contributed by atoms with E-state index in [0.717, 1.165) is 6.42 Å². The summed E-state index contributed by atoms with van der Waals surface area (Å²) < 4.78 is 0. The van der Waals surface area contributed by atoms with Gasteiger partial charge in [-0.2, -0.15) is 0 Å². The van der Waals surface area contributed by atoms with Crippen molar-refractivity contribution in [1.82, 2.24) is 4.90 Å². The zero-order chi connectivity index (χ0) is 9.84. The number of carboxylic acids is 1. The van der Waals surface area contributed by atoms with Crippen LogP contribution >= 0.6 is 11.8 Å². The molecule has 1 amide bonds. The van der Waals surface area contributed by atoms with Crippen LogP contribution in [0, 0.1) is 0 Å². The number of rotatable bonds is 3. The van der Waals surface area contributed by atoms with E-state index in [1.807, 2.05) is 6.92 Å². The molecule has 0 spiro atoms. The van der Waals surface area contributed by atoms with Gasteiger partial charge in [-0.1, -0.05) is 6.92 Å². The molecule has 72 valence electrons. The molecule has 0 aliphatic carbocycles. The van der Waals surface area contributed by atoms with E-state index in [1.165, 1.54) is 22.9 Å². The minimum atomic E-state index is -0.986. The summed E-state index contributed by atoms with van der Waals surface area (Å²) in [7, 11) is 0. The van der Waals surface area contributed by atoms with Crippen molar-refractivity contribution in [2.45, 2.75) is 18.6 Å². The summed E-state index contributed by atoms with van der Waals surface area (Å²) in [4.78, 5) is 23.1. The standard InChI is InChI=1S/C8H11NO3S/c1-2-6-8(12)9(3-4-13-6)5-7(10)11/h3-4,6H,2,5H2,1H3,(H,10,11). The Labute approximate surface area is 80.6 Å². The first-order valence-corrected chi connectivity index (χ1v) is 4.94. The van der Waals surface area contributed by atoms with Crippen LogP contribution in [-0.4, -0.2) is 33.7 Å². The molecule has 0 saturated carbocycles. The molecule has 0 bridgehead atoms. The summed E-state index contributed by atoms with van der Waals surface area (Å²) in [5, 5.41) is 10.1. The largest absolute Gasteiger partial charge is 0.480 e. The second kappa shape index (κ2) is 4.32. The molecule has 0 radical (unpaired) electrons. The summed E-state index contributed by atoms with van der Waals surface area (Å²) in [6.45, 7) is 1.67. The number of hydrogen-bond donors (Lipinski definition) is 1. The van der Waals surface area contributed by atoms with Gasteiger partial charge in [0.05, 0.1) is 5.25 Å². The van der Waals surface area contributed by atoms with Gasteiger partial charge in [0, 0.05) is 6.20 Å². The first-order chi connectivity index (χ1) is 6.15. The summed E-state index contributed by atoms with van der Waals surface area (Å²) in [6.07, 6.45) is 2.25. The number of hydrogen-bond acceptors (Lipinski definition) is 3. The Morgan fingerprint density at radius 3 is 3.00 bits per heavy atom. The molecule has 1 aliphatic heterocycles. The Morgan fingerprint density at radius 1 is 1.77 bits per heavy atom. The molecule has 5 heteroatoms. The number of nitrogens with zero attached hydrogens (tertiary/aromatic N) is 1. The summed E-state index contributed by atoms with van der Waals surface area (Å²) in [5.74, 6) is -1.10. The fraction of sp³-hybridized carbons (Fsp3) is 0.500. The predicted octanol–water partition coefficient (Wildman–Crippen LogP) is 0.896. The van der Waals surface area contributed by atoms with E-state index in [2.05, 4.69) is 0 Å². The molecular weight excluding hydrogens is 190 g/mol. The molecule has 1 heterocycles. The lowest BCUT2D eigenvalue weighted by molar-refractivity contribution is -0.142. The Balaban J connectivity index is 2.65. The second-order valence-electron chi connectivity index (χ2n) is 2.68. The Kier molecular flexibility index (Phi) is 3.36. The average Bonchev–Trinajstić information content (AvgIpc) is 2.08. The molecule has 1 unspecified atom stereocenters. The third-order valence-electron chi connectivity index (χ3n) is 1.72. The summed E-state index contributed by atoms with van der Waals surface area (Å²) in [5.41, 5.74) is 0. The van der Waals surface area contributed by atoms with Crippen LogP contribution < -0.4 is 0 Å². The van der Waals surface area contributed by atoms with Crippen molar-refractivity contribution in [2.24, 2.45) is 0 Å². The lowest BCUT2D eigenvalue weighted by Gasteiger charge is -2.24. The first kappa shape index (κ1) is 10.1. The van der Waals surface area contributed by atoms with E-state index >= 15 is 0 Å². The van der Waals surface area contributed by atoms with Gasteiger partial charge in [-0.05, 0) is 11.8 Å². The molecular formula is C8H11NO3S. The number of carbonyl (C=O) groups is 2. The average molecular weight is 201 g/mol. The lowest BCUT2D eigenvalue weighted by Crippen LogP contribution is -2.38. The molecule has 0 aromatic carbocycles. The van der Waals surface area contributed by atoms with Crippen LogP contribution in [0.5, 0.6) is 0 Å². The fourth-order valence-electron chi connectivity index (χ4n) is 1.07. The van der Waals surface area contributed by atoms with Gasteiger partial charge in [0.1, 0.15) is 6.54 Å². The number of aliphatic carboxylic acids is 1. The van der Waals surface area contributed by atoms with Gasteiger partial charge in [-0.3, -0.25) is 9.59 Å². The van der Waals surface area contributed by atoms with Gasteiger partial charge in [0.15, 0.2) is 0 Å². The first-order valence-electron chi connectivity index (χ1n) is 3.99. The van der Waals surface area contributed by atoms with Crippen molar-refractivity contribution in [2.75, 3.05) is 6.54 Å². The van der Waals surface area contributed by atoms with E-state index in [4.69, 9.17) is 5.11 Å². The molecule has 0 fully saturated rings. The molecule has 13 heavy (non-hydrogen) atoms. The van der Waals surface area contributed by atoms with Crippen LogP contribution in [0.3, 0.4) is 0 Å². The molecule has 0 aromatic rings. The monoisotopic (exact) mass is 201 g/mol. The topological polar surface area (TPSA) is 57.6 Å². The van der Waals surface area contributed by atoms with Crippen molar-refractivity contribution in [1.29, 1.82) is 0 Å². The van der Waals surface area contributed by atoms with Gasteiger partial charge in [-0.25, -0.2) is 0 Å². The predicted molar refractivity (Wildman–Crippen MR) is 50.2 cm³/mol. The molecule has 4 nitrogen and oxygen atoms in total. The Bertz CT molecular complexity index is 252. The van der Waals surface area contributed by atoms with E-state index < -0.39 is 5.97 Å². The van der Waals surface area contributed by atoms with Crippen LogP contribution in [0.4, 0.5) is 0 Å². The highest BCUT2D eigenvalue weighted by Gasteiger charge is 2.25. The molecule has 1 N–H and O–H groups in total. The Morgan fingerprint density at radius 2 is 2.46 bits per heavy atom. The zero-order valence-electron chi connectivity index (χ0n) is 7.27. The van der Waals surface area contributed by atoms with Crippen molar-refractivity contribution >= 4 is 23.6 Å². The van der Waals surface area contributed by atoms with Crippen molar-refractivity contribution in [3.8, 4) is 0 Å². The minimum Gasteiger partial charge on any atom is -0.480 e. The number of carboxylic acid groups (broad SMARTS) is 1. The smallest absolute Gasteiger partial charge is 0.323 e. The van der Waals surface area contributed by atoms with E-state index in [-0.39, 0.29) is 17.7 Å². The maximum Gasteiger partial charge on any atom is 0.323 e. The third-order valence-corrected chi connectivity index (χ3v) is 2.86. The molecule has 1 rings (SSSR count). The van der Waals surface area contributed by atoms with Gasteiger partial charge < -0.3 is 10.0 Å². The SMILES string of the molecule is CCC1SC=CN(CC(=O)O)C1=O. The molecule has 1 atom stereocenters. The van der Waals surface area contributed by atoms with Crippen molar-refractivity contribution in [3.05, 3.63) is 11.6 Å². The maximum atomic E-state index is 11.5. The van der Waals surface area contributed by atoms with Gasteiger partial charge in [0.2, 0.25) is 5.91 Å². The van der Waals surface area contributed by atoms with Crippen LogP contribution in [0.25, 0.3) is 0 Å². The summed E-state index contributed by atoms with van der Waals surface area (Å²) >= 11 is 1.44. The van der Waals surface area contributed by atoms with E-state index in [0.29, 0.717) is 0 Å². The third kappa shape index (κ3) is 2.48. The van der Waals surface area contributed by atoms with E-state index in [1.54, 1.807) is 5.41 Å². The molecule has 0 saturated heterocycles. The highest BCUT2D eigenvalue weighted by atomic mass is 32.2. The van der Waals surface area contributed by atoms with Gasteiger partial charge >= 0.3 is 5.97 Å². The van der Waals surface area contributed by atoms with Crippen molar-refractivity contribution < 1.29 is 14.7 Å². The molecule has 1 aliphatic rings. The normalized spacial score (nSPS) is 22.1. The fourth-order valence-corrected chi connectivity index (χ4v) is 1.92. The highest BCUT2D eigenvalue weighted by molar-refractivity contribution is 8.03. The lowest BCUT2D eigenvalue weighted by atomic mass is 10.3. The van der Waals surface area contributed by atoms with Crippen LogP contribution in [-0.2, 0) is 9.59 Å². The van der Waals surface area contributed by atoms with Crippen molar-refractivity contribution in [3.63, 3.8) is 0 Å². The Hall–Kier alpha value is -0.970. The zero-order valence-corrected chi connectivity index (χ0v) is 8.08. The van der Waals surface area contributed by atoms with Gasteiger partial charge in [0.25, 0.3) is 0 Å². The molecule has 0 aromatic heterocycles. The number of thioether (sulfide) groups is 1. The number of carbonyl (C=O) groups excluding carboxylic acids is 1. The maximum absolute atomic E-state index is 11.5. The van der Waals surface area contributed by atoms with E-state index in [9.17, 15) is 9.59 Å². The second-order valence-corrected chi connectivity index (χ2v) is 3.79. The summed E-state index contributed by atoms with van der Waals surface area (Å²) in [6, 6.07) is 0. The van der Waals surface area contributed by atoms with Gasteiger partial charge in [-0.15, -0.1) is 11.8 Å². The minimum absolute atomic E-state index is 0.114. The van der Waals surface area contributed by atoms with Crippen LogP contribution in [0.15, 0.2) is 11.6 Å². The quantitative estimate of drug-likeness (QED) is 0.737. The number of amides is 1. The highest BCUT2D eigenvalue weighted by Crippen LogP contribution is 2.23. The van der Waals surface area contributed by atoms with Crippen LogP contribution in [0.1, 0.15) is 13.3 Å².